The minimum absolute atomic E-state index is 0.0116. The van der Waals surface area contributed by atoms with Crippen LogP contribution in [0, 0.1) is 0 Å². The van der Waals surface area contributed by atoms with E-state index in [9.17, 15) is 0 Å². The van der Waals surface area contributed by atoms with Crippen LogP contribution in [0.3, 0.4) is 0 Å². The first-order valence-electron chi connectivity index (χ1n) is 10.1. The Hall–Kier alpha value is -2.70. The summed E-state index contributed by atoms with van der Waals surface area (Å²) in [6.45, 7) is 1.63. The number of thiocarbonyl (C=S) groups is 1. The third kappa shape index (κ3) is 3.54. The second-order valence-corrected chi connectivity index (χ2v) is 7.94. The van der Waals surface area contributed by atoms with Crippen molar-refractivity contribution in [2.75, 3.05) is 13.2 Å². The summed E-state index contributed by atoms with van der Waals surface area (Å²) in [6.07, 6.45) is 6.38. The highest BCUT2D eigenvalue weighted by atomic mass is 32.1. The Morgan fingerprint density at radius 3 is 2.69 bits per heavy atom. The van der Waals surface area contributed by atoms with Gasteiger partial charge in [-0.1, -0.05) is 24.3 Å². The molecule has 2 aliphatic heterocycles. The van der Waals surface area contributed by atoms with Crippen molar-refractivity contribution in [3.8, 4) is 5.69 Å². The number of benzene rings is 1. The van der Waals surface area contributed by atoms with Gasteiger partial charge in [0.25, 0.3) is 0 Å². The van der Waals surface area contributed by atoms with Gasteiger partial charge in [0, 0.05) is 36.9 Å². The van der Waals surface area contributed by atoms with Crippen molar-refractivity contribution in [3.63, 3.8) is 0 Å². The zero-order valence-electron chi connectivity index (χ0n) is 16.1. The van der Waals surface area contributed by atoms with Crippen LogP contribution in [0.2, 0.25) is 0 Å². The van der Waals surface area contributed by atoms with Crippen LogP contribution in [-0.2, 0) is 4.74 Å². The molecule has 148 valence electrons. The topological polar surface area (TPSA) is 42.3 Å². The number of nitrogens with one attached hydrogen (secondary N) is 1. The maximum atomic E-state index is 5.93. The third-order valence-corrected chi connectivity index (χ3v) is 6.09. The monoisotopic (exact) mass is 404 g/mol. The molecule has 0 amide bonds. The highest BCUT2D eigenvalue weighted by Gasteiger charge is 2.42. The van der Waals surface area contributed by atoms with Gasteiger partial charge in [-0.2, -0.15) is 0 Å². The van der Waals surface area contributed by atoms with Crippen molar-refractivity contribution >= 4 is 17.3 Å². The van der Waals surface area contributed by atoms with E-state index in [-0.39, 0.29) is 18.2 Å². The van der Waals surface area contributed by atoms with Crippen LogP contribution in [0.4, 0.5) is 0 Å². The Morgan fingerprint density at radius 1 is 1.07 bits per heavy atom. The highest BCUT2D eigenvalue weighted by molar-refractivity contribution is 7.80. The van der Waals surface area contributed by atoms with E-state index in [4.69, 9.17) is 17.0 Å². The van der Waals surface area contributed by atoms with Crippen molar-refractivity contribution in [3.05, 3.63) is 84.4 Å². The Bertz CT molecular complexity index is 969. The number of hydrogen-bond acceptors (Lipinski definition) is 3. The summed E-state index contributed by atoms with van der Waals surface area (Å²) in [5.41, 5.74) is 3.33. The molecule has 5 rings (SSSR count). The molecule has 2 fully saturated rings. The Kier molecular flexibility index (Phi) is 5.04. The van der Waals surface area contributed by atoms with E-state index < -0.39 is 0 Å². The van der Waals surface area contributed by atoms with Crippen molar-refractivity contribution < 1.29 is 4.74 Å². The molecule has 3 aromatic rings. The SMILES string of the molecule is S=C1N[C@H](c2ccccn2)[C@H](c2cccn2-c2ccccc2)N1C[C@@H]1CCCO1. The third-order valence-electron chi connectivity index (χ3n) is 5.74. The van der Waals surface area contributed by atoms with Gasteiger partial charge in [0.1, 0.15) is 0 Å². The number of para-hydroxylation sites is 1. The van der Waals surface area contributed by atoms with Crippen molar-refractivity contribution in [2.24, 2.45) is 0 Å². The minimum atomic E-state index is -0.0116. The van der Waals surface area contributed by atoms with Gasteiger partial charge in [0.15, 0.2) is 5.11 Å². The molecule has 2 saturated heterocycles. The molecule has 1 N–H and O–H groups in total. The van der Waals surface area contributed by atoms with E-state index in [0.29, 0.717) is 0 Å². The van der Waals surface area contributed by atoms with Crippen LogP contribution in [-0.4, -0.2) is 38.8 Å². The van der Waals surface area contributed by atoms with Gasteiger partial charge in [0.05, 0.1) is 23.9 Å². The van der Waals surface area contributed by atoms with Crippen molar-refractivity contribution in [2.45, 2.75) is 31.0 Å². The lowest BCUT2D eigenvalue weighted by atomic mass is 10.0. The Balaban J connectivity index is 1.57. The predicted octanol–water partition coefficient (Wildman–Crippen LogP) is 4.02. The second-order valence-electron chi connectivity index (χ2n) is 7.55. The van der Waals surface area contributed by atoms with E-state index in [0.717, 1.165) is 42.5 Å². The quantitative estimate of drug-likeness (QED) is 0.651. The van der Waals surface area contributed by atoms with Gasteiger partial charge < -0.3 is 19.5 Å². The lowest BCUT2D eigenvalue weighted by Crippen LogP contribution is -2.36. The maximum absolute atomic E-state index is 5.93. The zero-order chi connectivity index (χ0) is 19.6. The molecule has 0 aliphatic carbocycles. The van der Waals surface area contributed by atoms with Crippen LogP contribution < -0.4 is 5.32 Å². The highest BCUT2D eigenvalue weighted by Crippen LogP contribution is 2.40. The van der Waals surface area contributed by atoms with E-state index >= 15 is 0 Å². The molecule has 0 saturated carbocycles. The normalized spacial score (nSPS) is 24.1. The van der Waals surface area contributed by atoms with Crippen molar-refractivity contribution in [1.29, 1.82) is 0 Å². The molecule has 0 bridgehead atoms. The van der Waals surface area contributed by atoms with Gasteiger partial charge >= 0.3 is 0 Å². The molecule has 3 atom stereocenters. The second kappa shape index (κ2) is 7.97. The van der Waals surface area contributed by atoms with Crippen LogP contribution in [0.25, 0.3) is 5.69 Å². The number of pyridine rings is 1. The summed E-state index contributed by atoms with van der Waals surface area (Å²) in [7, 11) is 0. The summed E-state index contributed by atoms with van der Waals surface area (Å²) in [5.74, 6) is 0. The molecule has 4 heterocycles. The van der Waals surface area contributed by atoms with Crippen molar-refractivity contribution in [1.82, 2.24) is 19.8 Å². The minimum Gasteiger partial charge on any atom is -0.376 e. The van der Waals surface area contributed by atoms with E-state index in [1.165, 1.54) is 5.69 Å². The van der Waals surface area contributed by atoms with Crippen LogP contribution in [0.15, 0.2) is 73.1 Å². The lowest BCUT2D eigenvalue weighted by molar-refractivity contribution is 0.0836. The smallest absolute Gasteiger partial charge is 0.170 e. The number of rotatable bonds is 5. The van der Waals surface area contributed by atoms with Crippen LogP contribution >= 0.6 is 12.2 Å². The van der Waals surface area contributed by atoms with Gasteiger partial charge in [-0.3, -0.25) is 4.98 Å². The molecule has 0 spiro atoms. The first-order chi connectivity index (χ1) is 14.3. The maximum Gasteiger partial charge on any atom is 0.170 e. The van der Waals surface area contributed by atoms with Crippen LogP contribution in [0.1, 0.15) is 36.3 Å². The summed E-state index contributed by atoms with van der Waals surface area (Å²) in [5, 5.41) is 4.30. The van der Waals surface area contributed by atoms with Gasteiger partial charge in [-0.15, -0.1) is 0 Å². The standard InChI is InChI=1S/C23H24N4OS/c29-23-25-21(19-11-4-5-13-24-19)22(27(23)16-18-10-7-15-28-18)20-12-6-14-26(20)17-8-2-1-3-9-17/h1-6,8-9,11-14,18,21-22H,7,10,15-16H2,(H,25,29)/t18-,21+,22-/m0/s1. The number of hydrogen-bond donors (Lipinski definition) is 1. The van der Waals surface area contributed by atoms with Crippen LogP contribution in [0.5, 0.6) is 0 Å². The molecular formula is C23H24N4OS. The fourth-order valence-corrected chi connectivity index (χ4v) is 4.71. The number of ether oxygens (including phenoxy) is 1. The first kappa shape index (κ1) is 18.3. The molecule has 2 aliphatic rings. The summed E-state index contributed by atoms with van der Waals surface area (Å²) in [4.78, 5) is 6.93. The molecular weight excluding hydrogens is 380 g/mol. The number of aromatic nitrogens is 2. The van der Waals surface area contributed by atoms with E-state index in [1.807, 2.05) is 24.4 Å². The summed E-state index contributed by atoms with van der Waals surface area (Å²) < 4.78 is 8.18. The van der Waals surface area contributed by atoms with E-state index in [1.54, 1.807) is 0 Å². The summed E-state index contributed by atoms with van der Waals surface area (Å²) in [6, 6.07) is 20.8. The van der Waals surface area contributed by atoms with Gasteiger partial charge in [0.2, 0.25) is 0 Å². The Labute approximate surface area is 176 Å². The number of nitrogens with zero attached hydrogens (tertiary/aromatic N) is 3. The summed E-state index contributed by atoms with van der Waals surface area (Å²) >= 11 is 5.79. The molecule has 5 nitrogen and oxygen atoms in total. The average Bonchev–Trinajstić information content (AvgIpc) is 3.51. The molecule has 0 radical (unpaired) electrons. The zero-order valence-corrected chi connectivity index (χ0v) is 17.0. The first-order valence-corrected chi connectivity index (χ1v) is 10.5. The molecule has 1 aromatic carbocycles. The van der Waals surface area contributed by atoms with Gasteiger partial charge in [-0.05, 0) is 61.5 Å². The van der Waals surface area contributed by atoms with E-state index in [2.05, 4.69) is 68.4 Å². The molecule has 2 aromatic heterocycles. The van der Waals surface area contributed by atoms with Gasteiger partial charge in [-0.25, -0.2) is 0 Å². The average molecular weight is 405 g/mol. The fraction of sp³-hybridized carbons (Fsp3) is 0.304. The Morgan fingerprint density at radius 2 is 1.93 bits per heavy atom. The largest absolute Gasteiger partial charge is 0.376 e. The molecule has 0 unspecified atom stereocenters. The lowest BCUT2D eigenvalue weighted by Gasteiger charge is -2.30. The molecule has 6 heteroatoms. The molecule has 29 heavy (non-hydrogen) atoms. The predicted molar refractivity (Wildman–Crippen MR) is 117 cm³/mol. The fourth-order valence-electron chi connectivity index (χ4n) is 4.39.